The summed E-state index contributed by atoms with van der Waals surface area (Å²) < 4.78 is 67.8. The molecule has 48 heavy (non-hydrogen) atoms. The average molecular weight is 845 g/mol. The first-order valence-corrected chi connectivity index (χ1v) is 19.4. The summed E-state index contributed by atoms with van der Waals surface area (Å²) >= 11 is 7.02. The van der Waals surface area contributed by atoms with Crippen LogP contribution in [0.3, 0.4) is 0 Å². The van der Waals surface area contributed by atoms with Crippen molar-refractivity contribution in [3.63, 3.8) is 0 Å². The molecular formula is C32H34Br2N2Na2O8S2. The number of rotatable bonds is 10. The largest absolute Gasteiger partial charge is 1.00 e. The number of Topliss-reactive ketones (excluding diaryl/α,β-unsaturated/α-hetero) is 1. The number of hydrogen-bond donors (Lipinski definition) is 1. The second-order valence-corrected chi connectivity index (χ2v) is 17.8. The summed E-state index contributed by atoms with van der Waals surface area (Å²) in [5.74, 6) is -2.72. The van der Waals surface area contributed by atoms with E-state index in [0.717, 1.165) is 31.4 Å². The third-order valence-electron chi connectivity index (χ3n) is 8.97. The summed E-state index contributed by atoms with van der Waals surface area (Å²) in [6.07, 6.45) is 3.46. The molecule has 2 heterocycles. The Morgan fingerprint density at radius 1 is 0.833 bits per heavy atom. The van der Waals surface area contributed by atoms with Crippen molar-refractivity contribution in [2.75, 3.05) is 34.4 Å². The number of nitrogens with zero attached hydrogens (tertiary/aromatic N) is 2. The maximum Gasteiger partial charge on any atom is 1.00 e. The SMILES string of the molecule is CC1(C)/C(=C/C2C(=O)C(/C=C3/N(CCCS(=O)(=O)O)c4ccc(Br)cc4C3(C)C)=C2[O-])N(CCCS(=O)(=O)[O-])c2ccc(Br)cc21.[Na+].[Na+]. The van der Waals surface area contributed by atoms with Crippen LogP contribution >= 0.6 is 31.9 Å². The van der Waals surface area contributed by atoms with E-state index >= 15 is 0 Å². The molecule has 0 aromatic heterocycles. The number of carbonyl (C=O) groups excluding carboxylic acids is 1. The first-order valence-electron chi connectivity index (χ1n) is 14.7. The topological polar surface area (TPSA) is 158 Å². The number of hydrogen-bond acceptors (Lipinski definition) is 9. The predicted octanol–water partition coefficient (Wildman–Crippen LogP) is -1.09. The Balaban J connectivity index is 0.00000312. The van der Waals surface area contributed by atoms with Crippen molar-refractivity contribution in [3.05, 3.63) is 91.3 Å². The molecule has 0 fully saturated rings. The Bertz CT molecular complexity index is 1940. The van der Waals surface area contributed by atoms with Crippen LogP contribution in [0.2, 0.25) is 0 Å². The monoisotopic (exact) mass is 842 g/mol. The third-order valence-corrected chi connectivity index (χ3v) is 11.5. The van der Waals surface area contributed by atoms with Crippen molar-refractivity contribution in [3.8, 4) is 0 Å². The van der Waals surface area contributed by atoms with E-state index in [1.807, 2.05) is 73.9 Å². The van der Waals surface area contributed by atoms with Gasteiger partial charge in [0.15, 0.2) is 5.78 Å². The summed E-state index contributed by atoms with van der Waals surface area (Å²) in [6.45, 7) is 8.32. The van der Waals surface area contributed by atoms with Crippen molar-refractivity contribution in [1.29, 1.82) is 0 Å². The van der Waals surface area contributed by atoms with E-state index in [2.05, 4.69) is 31.9 Å². The molecule has 10 nitrogen and oxygen atoms in total. The number of anilines is 2. The Labute approximate surface area is 343 Å². The summed E-state index contributed by atoms with van der Waals surface area (Å²) in [4.78, 5) is 17.5. The molecule has 0 amide bonds. The van der Waals surface area contributed by atoms with Crippen LogP contribution in [0.15, 0.2) is 80.2 Å². The van der Waals surface area contributed by atoms with Gasteiger partial charge in [0.25, 0.3) is 10.1 Å². The normalized spacial score (nSPS) is 21.2. The number of ketones is 1. The molecule has 1 aliphatic carbocycles. The van der Waals surface area contributed by atoms with Crippen LogP contribution in [-0.4, -0.2) is 56.3 Å². The molecule has 0 saturated carbocycles. The molecule has 1 N–H and O–H groups in total. The van der Waals surface area contributed by atoms with Crippen molar-refractivity contribution in [2.24, 2.45) is 5.92 Å². The molecule has 248 valence electrons. The molecule has 16 heteroatoms. The third kappa shape index (κ3) is 8.42. The van der Waals surface area contributed by atoms with Crippen LogP contribution in [0.5, 0.6) is 0 Å². The summed E-state index contributed by atoms with van der Waals surface area (Å²) in [6, 6.07) is 11.4. The number of fused-ring (bicyclic) bond motifs is 2. The fourth-order valence-electron chi connectivity index (χ4n) is 6.63. The molecule has 0 bridgehead atoms. The molecule has 0 saturated heterocycles. The van der Waals surface area contributed by atoms with E-state index in [4.69, 9.17) is 0 Å². The molecule has 1 unspecified atom stereocenters. The van der Waals surface area contributed by atoms with Crippen molar-refractivity contribution in [2.45, 2.75) is 51.4 Å². The number of carbonyl (C=O) groups is 1. The summed E-state index contributed by atoms with van der Waals surface area (Å²) in [5, 5.41) is 13.7. The molecule has 0 radical (unpaired) electrons. The quantitative estimate of drug-likeness (QED) is 0.230. The minimum Gasteiger partial charge on any atom is -0.874 e. The zero-order chi connectivity index (χ0) is 34.0. The van der Waals surface area contributed by atoms with Gasteiger partial charge in [0.1, 0.15) is 0 Å². The van der Waals surface area contributed by atoms with Crippen LogP contribution in [0, 0.1) is 5.92 Å². The predicted molar refractivity (Wildman–Crippen MR) is 181 cm³/mol. The maximum atomic E-state index is 13.7. The van der Waals surface area contributed by atoms with Crippen molar-refractivity contribution < 1.29 is 95.0 Å². The summed E-state index contributed by atoms with van der Waals surface area (Å²) in [5.41, 5.74) is 3.62. The molecular weight excluding hydrogens is 810 g/mol. The van der Waals surface area contributed by atoms with E-state index in [9.17, 15) is 35.8 Å². The fourth-order valence-corrected chi connectivity index (χ4v) is 8.33. The van der Waals surface area contributed by atoms with Gasteiger partial charge >= 0.3 is 59.1 Å². The second kappa shape index (κ2) is 15.2. The van der Waals surface area contributed by atoms with Gasteiger partial charge in [-0.15, -0.1) is 5.76 Å². The van der Waals surface area contributed by atoms with E-state index in [1.54, 1.807) is 12.2 Å². The van der Waals surface area contributed by atoms with E-state index < -0.39 is 48.5 Å². The Morgan fingerprint density at radius 2 is 1.29 bits per heavy atom. The molecule has 3 aliphatic rings. The number of halogens is 2. The van der Waals surface area contributed by atoms with Gasteiger partial charge in [-0.2, -0.15) is 8.42 Å². The summed E-state index contributed by atoms with van der Waals surface area (Å²) in [7, 11) is -8.59. The molecule has 0 spiro atoms. The van der Waals surface area contributed by atoms with Gasteiger partial charge in [-0.25, -0.2) is 8.42 Å². The van der Waals surface area contributed by atoms with Gasteiger partial charge in [-0.3, -0.25) is 9.35 Å². The van der Waals surface area contributed by atoms with Crippen molar-refractivity contribution in [1.82, 2.24) is 0 Å². The minimum atomic E-state index is -4.42. The van der Waals surface area contributed by atoms with Gasteiger partial charge in [0, 0.05) is 67.0 Å². The van der Waals surface area contributed by atoms with Gasteiger partial charge < -0.3 is 19.5 Å². The Hall–Kier alpha value is -0.490. The minimum absolute atomic E-state index is 0. The van der Waals surface area contributed by atoms with Crippen molar-refractivity contribution >= 4 is 69.3 Å². The van der Waals surface area contributed by atoms with Crippen LogP contribution in [0.25, 0.3) is 0 Å². The maximum absolute atomic E-state index is 13.7. The molecule has 2 aromatic rings. The van der Waals surface area contributed by atoms with Crippen LogP contribution in [0.4, 0.5) is 11.4 Å². The standard InChI is InChI=1S/C32H36Br2N2O8S2.2Na/c1-31(2)23-15-19(33)7-9-25(23)35(11-5-13-45(39,40)41)27(31)17-21-29(37)22(30(21)38)18-28-32(3,4)24-16-20(34)8-10-26(24)36(28)12-6-14-46(42,43)44;;/h7-10,15-18,21,37H,5-6,11-14H2,1-4H3,(H,39,40,41)(H,42,43,44);;/q;2*+1/p-2/b27-17-,28-18+;;. The van der Waals surface area contributed by atoms with Gasteiger partial charge in [0.2, 0.25) is 0 Å². The van der Waals surface area contributed by atoms with E-state index in [0.29, 0.717) is 11.4 Å². The molecule has 5 rings (SSSR count). The van der Waals surface area contributed by atoms with E-state index in [-0.39, 0.29) is 102 Å². The number of allylic oxidation sites excluding steroid dienone is 5. The van der Waals surface area contributed by atoms with Crippen LogP contribution in [0.1, 0.15) is 51.7 Å². The smallest absolute Gasteiger partial charge is 0.874 e. The zero-order valence-electron chi connectivity index (χ0n) is 27.7. The zero-order valence-corrected chi connectivity index (χ0v) is 36.5. The Morgan fingerprint density at radius 3 is 1.75 bits per heavy atom. The van der Waals surface area contributed by atoms with Gasteiger partial charge in [0.05, 0.1) is 21.8 Å². The molecule has 1 atom stereocenters. The van der Waals surface area contributed by atoms with Crippen LogP contribution < -0.4 is 74.0 Å². The second-order valence-electron chi connectivity index (χ2n) is 12.8. The van der Waals surface area contributed by atoms with Gasteiger partial charge in [-0.1, -0.05) is 59.6 Å². The van der Waals surface area contributed by atoms with E-state index in [1.165, 1.54) is 0 Å². The average Bonchev–Trinajstić information content (AvgIpc) is 3.26. The molecule has 2 aliphatic heterocycles. The first-order chi connectivity index (χ1) is 21.2. The first kappa shape index (κ1) is 41.9. The van der Waals surface area contributed by atoms with Gasteiger partial charge in [-0.05, 0) is 72.5 Å². The fraction of sp³-hybridized carbons (Fsp3) is 0.406. The molecule has 2 aromatic carbocycles. The Kier molecular flexibility index (Phi) is 13.3. The van der Waals surface area contributed by atoms with Crippen LogP contribution in [-0.2, 0) is 35.9 Å². The number of benzene rings is 2.